The lowest BCUT2D eigenvalue weighted by molar-refractivity contribution is 0.102. The van der Waals surface area contributed by atoms with Gasteiger partial charge in [-0.3, -0.25) is 9.59 Å². The predicted octanol–water partition coefficient (Wildman–Crippen LogP) is 1.63. The molecule has 1 amide bonds. The maximum Gasteiger partial charge on any atom is 0.284 e. The normalized spacial score (nSPS) is 16.5. The van der Waals surface area contributed by atoms with Crippen molar-refractivity contribution in [2.75, 3.05) is 18.9 Å². The minimum atomic E-state index is -3.91. The van der Waals surface area contributed by atoms with E-state index in [1.165, 1.54) is 37.4 Å². The lowest BCUT2D eigenvalue weighted by atomic mass is 10.2. The first kappa shape index (κ1) is 20.7. The highest BCUT2D eigenvalue weighted by Gasteiger charge is 2.19. The summed E-state index contributed by atoms with van der Waals surface area (Å²) in [5, 5.41) is 6.48. The number of aryl methyl sites for hydroxylation is 1. The first-order valence-corrected chi connectivity index (χ1v) is 10.7. The number of carbonyl (C=O) groups is 1. The van der Waals surface area contributed by atoms with E-state index in [2.05, 4.69) is 14.8 Å². The number of nitrogens with one attached hydrogen (secondary N) is 1. The number of sulfonamides is 1. The van der Waals surface area contributed by atoms with Gasteiger partial charge in [0.25, 0.3) is 21.5 Å². The van der Waals surface area contributed by atoms with Crippen LogP contribution in [-0.4, -0.2) is 48.4 Å². The fourth-order valence-corrected chi connectivity index (χ4v) is 4.13. The monoisotopic (exact) mass is 417 g/mol. The SMILES string of the molecule is CN1CCCCC/C1=N\S(=O)(=O)c1cccc(NC(=O)c2ccc(=O)n(C)n2)c1. The second-order valence-electron chi connectivity index (χ2n) is 6.88. The molecule has 0 radical (unpaired) electrons. The Morgan fingerprint density at radius 3 is 2.69 bits per heavy atom. The van der Waals surface area contributed by atoms with Crippen LogP contribution in [0.3, 0.4) is 0 Å². The maximum absolute atomic E-state index is 12.8. The number of amides is 1. The molecule has 0 aliphatic carbocycles. The Bertz CT molecular complexity index is 1110. The number of nitrogens with zero attached hydrogens (tertiary/aromatic N) is 4. The van der Waals surface area contributed by atoms with E-state index in [-0.39, 0.29) is 16.1 Å². The number of anilines is 1. The van der Waals surface area contributed by atoms with Gasteiger partial charge in [-0.1, -0.05) is 12.5 Å². The third-order valence-electron chi connectivity index (χ3n) is 4.64. The smallest absolute Gasteiger partial charge is 0.284 e. The largest absolute Gasteiger partial charge is 0.362 e. The Kier molecular flexibility index (Phi) is 6.12. The topological polar surface area (TPSA) is 114 Å². The van der Waals surface area contributed by atoms with Gasteiger partial charge in [0, 0.05) is 38.8 Å². The van der Waals surface area contributed by atoms with Crippen LogP contribution in [0.1, 0.15) is 36.2 Å². The molecular formula is C19H23N5O4S. The molecule has 1 aromatic heterocycles. The lowest BCUT2D eigenvalue weighted by Gasteiger charge is -2.17. The number of carbonyl (C=O) groups excluding carboxylic acids is 1. The fourth-order valence-electron chi connectivity index (χ4n) is 2.99. The van der Waals surface area contributed by atoms with Crippen molar-refractivity contribution in [1.82, 2.24) is 14.7 Å². The molecule has 0 saturated carbocycles. The summed E-state index contributed by atoms with van der Waals surface area (Å²) in [7, 11) is -0.626. The highest BCUT2D eigenvalue weighted by atomic mass is 32.2. The van der Waals surface area contributed by atoms with Crippen LogP contribution in [0.15, 0.2) is 50.5 Å². The second kappa shape index (κ2) is 8.56. The van der Waals surface area contributed by atoms with Gasteiger partial charge in [-0.25, -0.2) is 4.68 Å². The molecule has 9 nitrogen and oxygen atoms in total. The number of hydrogen-bond donors (Lipinski definition) is 1. The fraction of sp³-hybridized carbons (Fsp3) is 0.368. The van der Waals surface area contributed by atoms with Crippen LogP contribution in [0, 0.1) is 0 Å². The van der Waals surface area contributed by atoms with Crippen LogP contribution in [-0.2, 0) is 17.1 Å². The van der Waals surface area contributed by atoms with Crippen molar-refractivity contribution >= 4 is 27.5 Å². The second-order valence-corrected chi connectivity index (χ2v) is 8.48. The average molecular weight is 417 g/mol. The van der Waals surface area contributed by atoms with E-state index in [0.29, 0.717) is 17.9 Å². The standard InChI is InChI=1S/C19H23N5O4S/c1-23-12-5-3-4-9-17(23)22-29(27,28)15-8-6-7-14(13-15)20-19(26)16-10-11-18(25)24(2)21-16/h6-8,10-11,13H,3-5,9,12H2,1-2H3,(H,20,26)/b22-17+. The van der Waals surface area contributed by atoms with Crippen molar-refractivity contribution in [3.63, 3.8) is 0 Å². The van der Waals surface area contributed by atoms with Crippen LogP contribution in [0.5, 0.6) is 0 Å². The van der Waals surface area contributed by atoms with Crippen LogP contribution < -0.4 is 10.9 Å². The van der Waals surface area contributed by atoms with Gasteiger partial charge in [0.1, 0.15) is 11.5 Å². The number of aromatic nitrogens is 2. The predicted molar refractivity (Wildman–Crippen MR) is 110 cm³/mol. The van der Waals surface area contributed by atoms with E-state index in [1.807, 2.05) is 11.9 Å². The Morgan fingerprint density at radius 1 is 1.14 bits per heavy atom. The highest BCUT2D eigenvalue weighted by molar-refractivity contribution is 7.90. The van der Waals surface area contributed by atoms with Gasteiger partial charge in [-0.05, 0) is 37.1 Å². The molecule has 1 aliphatic heterocycles. The van der Waals surface area contributed by atoms with Crippen LogP contribution in [0.2, 0.25) is 0 Å². The third kappa shape index (κ3) is 5.08. The van der Waals surface area contributed by atoms with Crippen molar-refractivity contribution in [2.45, 2.75) is 30.6 Å². The average Bonchev–Trinajstić information content (AvgIpc) is 2.88. The molecule has 3 rings (SSSR count). The van der Waals surface area contributed by atoms with Crippen molar-refractivity contribution < 1.29 is 13.2 Å². The molecule has 29 heavy (non-hydrogen) atoms. The van der Waals surface area contributed by atoms with Crippen molar-refractivity contribution in [3.05, 3.63) is 52.4 Å². The number of benzene rings is 1. The highest BCUT2D eigenvalue weighted by Crippen LogP contribution is 2.20. The van der Waals surface area contributed by atoms with Crippen molar-refractivity contribution in [2.24, 2.45) is 11.4 Å². The summed E-state index contributed by atoms with van der Waals surface area (Å²) in [6.45, 7) is 0.775. The number of rotatable bonds is 4. The molecule has 1 aromatic carbocycles. The van der Waals surface area contributed by atoms with E-state index < -0.39 is 15.9 Å². The van der Waals surface area contributed by atoms with Gasteiger partial charge in [0.2, 0.25) is 0 Å². The Hall–Kier alpha value is -3.01. The Balaban J connectivity index is 1.83. The van der Waals surface area contributed by atoms with E-state index in [0.717, 1.165) is 30.5 Å². The Labute approximate surface area is 169 Å². The molecule has 0 unspecified atom stereocenters. The van der Waals surface area contributed by atoms with Crippen molar-refractivity contribution in [3.8, 4) is 0 Å². The molecule has 2 aromatic rings. The number of amidine groups is 1. The van der Waals surface area contributed by atoms with Gasteiger partial charge in [-0.15, -0.1) is 4.40 Å². The van der Waals surface area contributed by atoms with Gasteiger partial charge >= 0.3 is 0 Å². The summed E-state index contributed by atoms with van der Waals surface area (Å²) in [6.07, 6.45) is 3.58. The maximum atomic E-state index is 12.8. The van der Waals surface area contributed by atoms with Gasteiger partial charge in [0.15, 0.2) is 0 Å². The zero-order chi connectivity index (χ0) is 21.0. The molecule has 1 saturated heterocycles. The van der Waals surface area contributed by atoms with Crippen LogP contribution in [0.25, 0.3) is 0 Å². The molecule has 0 atom stereocenters. The summed E-state index contributed by atoms with van der Waals surface area (Å²) in [5.41, 5.74) is -0.000865. The lowest BCUT2D eigenvalue weighted by Crippen LogP contribution is -2.27. The van der Waals surface area contributed by atoms with Gasteiger partial charge in [-0.2, -0.15) is 13.5 Å². The minimum Gasteiger partial charge on any atom is -0.362 e. The number of likely N-dealkylation sites (tertiary alicyclic amines) is 1. The first-order valence-electron chi connectivity index (χ1n) is 9.27. The zero-order valence-electron chi connectivity index (χ0n) is 16.3. The first-order chi connectivity index (χ1) is 13.8. The molecule has 0 bridgehead atoms. The minimum absolute atomic E-state index is 0.00568. The van der Waals surface area contributed by atoms with E-state index in [9.17, 15) is 18.0 Å². The quantitative estimate of drug-likeness (QED) is 0.809. The van der Waals surface area contributed by atoms with Crippen LogP contribution >= 0.6 is 0 Å². The van der Waals surface area contributed by atoms with E-state index in [4.69, 9.17) is 0 Å². The number of hydrogen-bond acceptors (Lipinski definition) is 5. The summed E-state index contributed by atoms with van der Waals surface area (Å²) in [4.78, 5) is 25.6. The van der Waals surface area contributed by atoms with Crippen LogP contribution in [0.4, 0.5) is 5.69 Å². The van der Waals surface area contributed by atoms with Gasteiger partial charge in [0.05, 0.1) is 4.90 Å². The molecule has 1 N–H and O–H groups in total. The zero-order valence-corrected chi connectivity index (χ0v) is 17.1. The summed E-state index contributed by atoms with van der Waals surface area (Å²) in [5.74, 6) is -0.00342. The molecule has 10 heteroatoms. The summed E-state index contributed by atoms with van der Waals surface area (Å²) in [6, 6.07) is 8.46. The Morgan fingerprint density at radius 2 is 1.93 bits per heavy atom. The third-order valence-corrected chi connectivity index (χ3v) is 5.94. The van der Waals surface area contributed by atoms with Gasteiger partial charge < -0.3 is 10.2 Å². The van der Waals surface area contributed by atoms with E-state index >= 15 is 0 Å². The molecule has 0 spiro atoms. The van der Waals surface area contributed by atoms with E-state index in [1.54, 1.807) is 6.07 Å². The molecule has 1 aliphatic rings. The molecule has 1 fully saturated rings. The van der Waals surface area contributed by atoms with Crippen molar-refractivity contribution in [1.29, 1.82) is 0 Å². The summed E-state index contributed by atoms with van der Waals surface area (Å²) >= 11 is 0. The summed E-state index contributed by atoms with van der Waals surface area (Å²) < 4.78 is 30.6. The molecular weight excluding hydrogens is 394 g/mol. The molecule has 2 heterocycles. The molecule has 154 valence electrons.